The number of carbonyl (C=O) groups excluding carboxylic acids is 1. The van der Waals surface area contributed by atoms with E-state index in [1.54, 1.807) is 6.08 Å². The first kappa shape index (κ1) is 16.3. The van der Waals surface area contributed by atoms with Gasteiger partial charge in [0, 0.05) is 18.2 Å². The van der Waals surface area contributed by atoms with Crippen molar-refractivity contribution in [3.63, 3.8) is 0 Å². The van der Waals surface area contributed by atoms with Gasteiger partial charge in [-0.05, 0) is 41.5 Å². The number of carbonyl (C=O) groups is 1. The van der Waals surface area contributed by atoms with Gasteiger partial charge < -0.3 is 15.2 Å². The van der Waals surface area contributed by atoms with E-state index < -0.39 is 6.10 Å². The largest absolute Gasteiger partial charge is 0.493 e. The third-order valence-corrected chi connectivity index (χ3v) is 3.73. The van der Waals surface area contributed by atoms with E-state index in [9.17, 15) is 9.90 Å². The fraction of sp³-hybridized carbons (Fsp3) is 0.235. The normalized spacial score (nSPS) is 12.3. The Balaban J connectivity index is 1.89. The van der Waals surface area contributed by atoms with Crippen molar-refractivity contribution in [2.45, 2.75) is 13.0 Å². The maximum atomic E-state index is 11.8. The van der Waals surface area contributed by atoms with Gasteiger partial charge in [0.25, 0.3) is 0 Å². The maximum Gasteiger partial charge on any atom is 0.244 e. The molecular formula is C17H19NO3S. The van der Waals surface area contributed by atoms with Gasteiger partial charge in [0.05, 0.1) is 12.7 Å². The van der Waals surface area contributed by atoms with Crippen molar-refractivity contribution in [2.75, 3.05) is 13.2 Å². The molecule has 1 unspecified atom stereocenters. The standard InChI is InChI=1S/C17H19NO3S/c1-2-21-16-6-4-3-5-13(16)7-8-17(20)18-11-15(19)14-9-10-22-12-14/h3-10,12,15,19H,2,11H2,1H3,(H,18,20)/b8-7+. The predicted octanol–water partition coefficient (Wildman–Crippen LogP) is 3.01. The summed E-state index contributed by atoms with van der Waals surface area (Å²) in [5.74, 6) is 0.493. The summed E-state index contributed by atoms with van der Waals surface area (Å²) in [4.78, 5) is 11.8. The first-order chi connectivity index (χ1) is 10.7. The molecule has 116 valence electrons. The summed E-state index contributed by atoms with van der Waals surface area (Å²) in [5.41, 5.74) is 1.66. The minimum atomic E-state index is -0.681. The molecule has 2 rings (SSSR count). The molecule has 2 N–H and O–H groups in total. The van der Waals surface area contributed by atoms with Crippen LogP contribution in [0.15, 0.2) is 47.2 Å². The quantitative estimate of drug-likeness (QED) is 0.772. The van der Waals surface area contributed by atoms with E-state index in [1.165, 1.54) is 17.4 Å². The monoisotopic (exact) mass is 317 g/mol. The zero-order chi connectivity index (χ0) is 15.8. The van der Waals surface area contributed by atoms with Crippen molar-refractivity contribution >= 4 is 23.3 Å². The second-order valence-corrected chi connectivity index (χ2v) is 5.40. The minimum Gasteiger partial charge on any atom is -0.493 e. The third kappa shape index (κ3) is 4.72. The summed E-state index contributed by atoms with van der Waals surface area (Å²) >= 11 is 1.52. The van der Waals surface area contributed by atoms with Crippen molar-refractivity contribution in [1.29, 1.82) is 0 Å². The molecular weight excluding hydrogens is 298 g/mol. The number of aliphatic hydroxyl groups excluding tert-OH is 1. The maximum absolute atomic E-state index is 11.8. The molecule has 1 aromatic heterocycles. The molecule has 0 aliphatic heterocycles. The van der Waals surface area contributed by atoms with Crippen LogP contribution in [-0.4, -0.2) is 24.2 Å². The van der Waals surface area contributed by atoms with Crippen LogP contribution in [0, 0.1) is 0 Å². The lowest BCUT2D eigenvalue weighted by Crippen LogP contribution is -2.26. The molecule has 5 heteroatoms. The number of ether oxygens (including phenoxy) is 1. The Hall–Kier alpha value is -2.11. The Morgan fingerprint density at radius 3 is 2.95 bits per heavy atom. The predicted molar refractivity (Wildman–Crippen MR) is 88.9 cm³/mol. The van der Waals surface area contributed by atoms with Crippen LogP contribution in [0.1, 0.15) is 24.2 Å². The van der Waals surface area contributed by atoms with E-state index in [1.807, 2.05) is 48.0 Å². The van der Waals surface area contributed by atoms with Gasteiger partial charge >= 0.3 is 0 Å². The van der Waals surface area contributed by atoms with Crippen LogP contribution in [0.2, 0.25) is 0 Å². The second-order valence-electron chi connectivity index (χ2n) is 4.62. The molecule has 2 aromatic rings. The molecule has 0 aliphatic rings. The van der Waals surface area contributed by atoms with E-state index >= 15 is 0 Å². The topological polar surface area (TPSA) is 58.6 Å². The van der Waals surface area contributed by atoms with Crippen molar-refractivity contribution in [2.24, 2.45) is 0 Å². The highest BCUT2D eigenvalue weighted by Crippen LogP contribution is 2.19. The average molecular weight is 317 g/mol. The molecule has 0 spiro atoms. The van der Waals surface area contributed by atoms with Gasteiger partial charge in [-0.2, -0.15) is 11.3 Å². The highest BCUT2D eigenvalue weighted by atomic mass is 32.1. The molecule has 0 fully saturated rings. The summed E-state index contributed by atoms with van der Waals surface area (Å²) in [7, 11) is 0. The average Bonchev–Trinajstić information content (AvgIpc) is 3.06. The molecule has 1 atom stereocenters. The number of aliphatic hydroxyl groups is 1. The third-order valence-electron chi connectivity index (χ3n) is 3.03. The van der Waals surface area contributed by atoms with Crippen molar-refractivity contribution in [1.82, 2.24) is 5.32 Å². The Morgan fingerprint density at radius 2 is 2.23 bits per heavy atom. The number of hydrogen-bond donors (Lipinski definition) is 2. The number of hydrogen-bond acceptors (Lipinski definition) is 4. The fourth-order valence-electron chi connectivity index (χ4n) is 1.91. The van der Waals surface area contributed by atoms with Gasteiger partial charge in [0.2, 0.25) is 5.91 Å². The highest BCUT2D eigenvalue weighted by molar-refractivity contribution is 7.07. The van der Waals surface area contributed by atoms with Crippen LogP contribution in [0.5, 0.6) is 5.75 Å². The number of para-hydroxylation sites is 1. The number of thiophene rings is 1. The Morgan fingerprint density at radius 1 is 1.41 bits per heavy atom. The summed E-state index contributed by atoms with van der Waals surface area (Å²) in [5, 5.41) is 16.3. The van der Waals surface area contributed by atoms with E-state index in [-0.39, 0.29) is 12.5 Å². The molecule has 0 aliphatic carbocycles. The lowest BCUT2D eigenvalue weighted by atomic mass is 10.2. The molecule has 0 radical (unpaired) electrons. The summed E-state index contributed by atoms with van der Waals surface area (Å²) in [6.07, 6.45) is 2.47. The van der Waals surface area contributed by atoms with Crippen LogP contribution < -0.4 is 10.1 Å². The van der Waals surface area contributed by atoms with Crippen LogP contribution in [0.3, 0.4) is 0 Å². The Labute approximate surface area is 134 Å². The molecule has 1 heterocycles. The van der Waals surface area contributed by atoms with Crippen LogP contribution >= 0.6 is 11.3 Å². The molecule has 1 aromatic carbocycles. The van der Waals surface area contributed by atoms with Crippen LogP contribution in [0.25, 0.3) is 6.08 Å². The zero-order valence-electron chi connectivity index (χ0n) is 12.4. The SMILES string of the molecule is CCOc1ccccc1/C=C/C(=O)NCC(O)c1ccsc1. The summed E-state index contributed by atoms with van der Waals surface area (Å²) in [6, 6.07) is 9.37. The van der Waals surface area contributed by atoms with E-state index in [0.29, 0.717) is 6.61 Å². The smallest absolute Gasteiger partial charge is 0.244 e. The Bertz CT molecular complexity index is 623. The van der Waals surface area contributed by atoms with Crippen molar-refractivity contribution in [3.8, 4) is 5.75 Å². The van der Waals surface area contributed by atoms with Gasteiger partial charge in [-0.1, -0.05) is 18.2 Å². The van der Waals surface area contributed by atoms with Crippen LogP contribution in [0.4, 0.5) is 0 Å². The van der Waals surface area contributed by atoms with Gasteiger partial charge in [-0.15, -0.1) is 0 Å². The lowest BCUT2D eigenvalue weighted by molar-refractivity contribution is -0.116. The molecule has 0 saturated carbocycles. The molecule has 1 amide bonds. The van der Waals surface area contributed by atoms with E-state index in [4.69, 9.17) is 4.74 Å². The van der Waals surface area contributed by atoms with Crippen molar-refractivity contribution < 1.29 is 14.6 Å². The first-order valence-corrected chi connectivity index (χ1v) is 8.03. The summed E-state index contributed by atoms with van der Waals surface area (Å²) < 4.78 is 5.49. The van der Waals surface area contributed by atoms with Gasteiger partial charge in [-0.25, -0.2) is 0 Å². The first-order valence-electron chi connectivity index (χ1n) is 7.08. The van der Waals surface area contributed by atoms with E-state index in [2.05, 4.69) is 5.32 Å². The highest BCUT2D eigenvalue weighted by Gasteiger charge is 2.08. The van der Waals surface area contributed by atoms with E-state index in [0.717, 1.165) is 16.9 Å². The number of nitrogens with one attached hydrogen (secondary N) is 1. The van der Waals surface area contributed by atoms with Gasteiger partial charge in [0.1, 0.15) is 5.75 Å². The van der Waals surface area contributed by atoms with Crippen molar-refractivity contribution in [3.05, 3.63) is 58.3 Å². The Kier molecular flexibility index (Phi) is 6.18. The van der Waals surface area contributed by atoms with Gasteiger partial charge in [0.15, 0.2) is 0 Å². The number of benzene rings is 1. The second kappa shape index (κ2) is 8.36. The number of amides is 1. The minimum absolute atomic E-state index is 0.188. The molecule has 4 nitrogen and oxygen atoms in total. The number of rotatable bonds is 7. The molecule has 0 bridgehead atoms. The molecule has 22 heavy (non-hydrogen) atoms. The zero-order valence-corrected chi connectivity index (χ0v) is 13.2. The lowest BCUT2D eigenvalue weighted by Gasteiger charge is -2.09. The molecule has 0 saturated heterocycles. The van der Waals surface area contributed by atoms with Gasteiger partial charge in [-0.3, -0.25) is 4.79 Å². The fourth-order valence-corrected chi connectivity index (χ4v) is 2.62. The van der Waals surface area contributed by atoms with Crippen LogP contribution in [-0.2, 0) is 4.79 Å². The summed E-state index contributed by atoms with van der Waals surface area (Å²) in [6.45, 7) is 2.68.